The summed E-state index contributed by atoms with van der Waals surface area (Å²) in [6.07, 6.45) is -1.74. The number of alkyl halides is 3. The predicted molar refractivity (Wildman–Crippen MR) is 85.4 cm³/mol. The van der Waals surface area contributed by atoms with E-state index in [0.29, 0.717) is 31.5 Å². The third-order valence-electron chi connectivity index (χ3n) is 4.15. The first-order valence-corrected chi connectivity index (χ1v) is 8.95. The van der Waals surface area contributed by atoms with Crippen molar-refractivity contribution in [1.29, 1.82) is 0 Å². The number of halogens is 3. The minimum atomic E-state index is -4.64. The third kappa shape index (κ3) is 3.81. The Kier molecular flexibility index (Phi) is 5.03. The lowest BCUT2D eigenvalue weighted by Gasteiger charge is -2.31. The minimum Gasteiger partial charge on any atom is -0.417 e. The van der Waals surface area contributed by atoms with Crippen molar-refractivity contribution in [2.45, 2.75) is 29.8 Å². The maximum absolute atomic E-state index is 12.7. The molecule has 2 heterocycles. The molecule has 0 bridgehead atoms. The molecular weight excluding hydrogens is 355 g/mol. The lowest BCUT2D eigenvalue weighted by atomic mass is 9.96. The quantitative estimate of drug-likeness (QED) is 0.768. The highest BCUT2D eigenvalue weighted by atomic mass is 32.2. The molecule has 0 N–H and O–H groups in total. The molecule has 1 aromatic carbocycles. The van der Waals surface area contributed by atoms with Crippen LogP contribution in [0.2, 0.25) is 0 Å². The number of likely N-dealkylation sites (tertiary alicyclic amines) is 1. The van der Waals surface area contributed by atoms with Gasteiger partial charge in [-0.15, -0.1) is 22.0 Å². The number of aromatic nitrogens is 2. The zero-order valence-electron chi connectivity index (χ0n) is 13.4. The highest BCUT2D eigenvalue weighted by Crippen LogP contribution is 2.33. The summed E-state index contributed by atoms with van der Waals surface area (Å²) in [4.78, 5) is 15.3. The summed E-state index contributed by atoms with van der Waals surface area (Å²) in [5.41, 5.74) is 0.644. The summed E-state index contributed by atoms with van der Waals surface area (Å²) in [6.45, 7) is 0.881. The fourth-order valence-corrected chi connectivity index (χ4v) is 3.43. The Morgan fingerprint density at radius 3 is 2.52 bits per heavy atom. The standard InChI is InChI=1S/C16H16F3N3O2S/c1-25-12-5-3-2-4-11(12)14(23)22-8-6-10(7-9-22)13-20-21-15(24-13)16(17,18)19/h2-5,10H,6-9H2,1H3. The molecule has 2 aromatic rings. The van der Waals surface area contributed by atoms with Crippen LogP contribution in [0.1, 0.15) is 40.9 Å². The zero-order valence-corrected chi connectivity index (χ0v) is 14.2. The lowest BCUT2D eigenvalue weighted by Crippen LogP contribution is -2.38. The fourth-order valence-electron chi connectivity index (χ4n) is 2.84. The Balaban J connectivity index is 1.66. The largest absolute Gasteiger partial charge is 0.470 e. The Bertz CT molecular complexity index is 755. The van der Waals surface area contributed by atoms with E-state index in [0.717, 1.165) is 4.90 Å². The van der Waals surface area contributed by atoms with E-state index >= 15 is 0 Å². The zero-order chi connectivity index (χ0) is 18.0. The number of benzene rings is 1. The molecule has 1 fully saturated rings. The SMILES string of the molecule is CSc1ccccc1C(=O)N1CCC(c2nnc(C(F)(F)F)o2)CC1. The van der Waals surface area contributed by atoms with Crippen LogP contribution in [0.15, 0.2) is 33.6 Å². The van der Waals surface area contributed by atoms with E-state index < -0.39 is 12.1 Å². The first kappa shape index (κ1) is 17.8. The number of hydrogen-bond donors (Lipinski definition) is 0. The van der Waals surface area contributed by atoms with Crippen LogP contribution in [-0.4, -0.2) is 40.3 Å². The van der Waals surface area contributed by atoms with E-state index in [1.165, 1.54) is 11.8 Å². The summed E-state index contributed by atoms with van der Waals surface area (Å²) >= 11 is 1.50. The van der Waals surface area contributed by atoms with Crippen LogP contribution < -0.4 is 0 Å². The fraction of sp³-hybridized carbons (Fsp3) is 0.438. The van der Waals surface area contributed by atoms with Gasteiger partial charge in [0, 0.05) is 23.9 Å². The predicted octanol–water partition coefficient (Wildman–Crippen LogP) is 3.83. The summed E-state index contributed by atoms with van der Waals surface area (Å²) in [5.74, 6) is -1.66. The minimum absolute atomic E-state index is 0.0102. The number of rotatable bonds is 3. The molecule has 1 saturated heterocycles. The van der Waals surface area contributed by atoms with Crippen LogP contribution in [-0.2, 0) is 6.18 Å². The maximum atomic E-state index is 12.7. The Labute approximate surface area is 146 Å². The number of nitrogens with zero attached hydrogens (tertiary/aromatic N) is 3. The van der Waals surface area contributed by atoms with Gasteiger partial charge in [-0.2, -0.15) is 13.2 Å². The van der Waals surface area contributed by atoms with Gasteiger partial charge in [-0.05, 0) is 31.2 Å². The van der Waals surface area contributed by atoms with E-state index in [4.69, 9.17) is 4.42 Å². The molecule has 0 atom stereocenters. The molecule has 1 amide bonds. The summed E-state index contributed by atoms with van der Waals surface area (Å²) in [7, 11) is 0. The first-order valence-electron chi connectivity index (χ1n) is 7.73. The summed E-state index contributed by atoms with van der Waals surface area (Å²) in [6, 6.07) is 7.37. The van der Waals surface area contributed by atoms with E-state index in [9.17, 15) is 18.0 Å². The van der Waals surface area contributed by atoms with E-state index in [1.807, 2.05) is 24.5 Å². The number of thioether (sulfide) groups is 1. The second-order valence-electron chi connectivity index (χ2n) is 5.71. The normalized spacial score (nSPS) is 16.2. The van der Waals surface area contributed by atoms with Gasteiger partial charge in [0.2, 0.25) is 5.89 Å². The molecular formula is C16H16F3N3O2S. The van der Waals surface area contributed by atoms with Crippen molar-refractivity contribution in [2.75, 3.05) is 19.3 Å². The van der Waals surface area contributed by atoms with Gasteiger partial charge < -0.3 is 9.32 Å². The number of piperidine rings is 1. The number of amides is 1. The molecule has 1 aliphatic heterocycles. The molecule has 0 saturated carbocycles. The van der Waals surface area contributed by atoms with Gasteiger partial charge in [-0.25, -0.2) is 0 Å². The van der Waals surface area contributed by atoms with Crippen LogP contribution in [0.3, 0.4) is 0 Å². The summed E-state index contributed by atoms with van der Waals surface area (Å²) < 4.78 is 42.4. The Morgan fingerprint density at radius 2 is 1.92 bits per heavy atom. The average Bonchev–Trinajstić information content (AvgIpc) is 3.12. The third-order valence-corrected chi connectivity index (χ3v) is 4.95. The summed E-state index contributed by atoms with van der Waals surface area (Å²) in [5, 5.41) is 6.58. The topological polar surface area (TPSA) is 59.2 Å². The maximum Gasteiger partial charge on any atom is 0.470 e. The molecule has 0 spiro atoms. The van der Waals surface area contributed by atoms with E-state index in [1.54, 1.807) is 11.0 Å². The number of hydrogen-bond acceptors (Lipinski definition) is 5. The second kappa shape index (κ2) is 7.07. The van der Waals surface area contributed by atoms with Gasteiger partial charge in [0.15, 0.2) is 0 Å². The van der Waals surface area contributed by atoms with Crippen molar-refractivity contribution in [1.82, 2.24) is 15.1 Å². The number of carbonyl (C=O) groups is 1. The molecule has 0 aliphatic carbocycles. The van der Waals surface area contributed by atoms with E-state index in [2.05, 4.69) is 10.2 Å². The van der Waals surface area contributed by atoms with Crippen molar-refractivity contribution in [3.05, 3.63) is 41.6 Å². The van der Waals surface area contributed by atoms with Crippen LogP contribution in [0.5, 0.6) is 0 Å². The van der Waals surface area contributed by atoms with Gasteiger partial charge >= 0.3 is 12.1 Å². The molecule has 5 nitrogen and oxygen atoms in total. The average molecular weight is 371 g/mol. The van der Waals surface area contributed by atoms with Gasteiger partial charge in [-0.3, -0.25) is 4.79 Å². The van der Waals surface area contributed by atoms with Gasteiger partial charge in [0.25, 0.3) is 5.91 Å². The molecule has 134 valence electrons. The molecule has 25 heavy (non-hydrogen) atoms. The molecule has 3 rings (SSSR count). The first-order chi connectivity index (χ1) is 11.9. The molecule has 9 heteroatoms. The van der Waals surface area contributed by atoms with Gasteiger partial charge in [-0.1, -0.05) is 12.1 Å². The molecule has 0 unspecified atom stereocenters. The van der Waals surface area contributed by atoms with Crippen molar-refractivity contribution >= 4 is 17.7 Å². The second-order valence-corrected chi connectivity index (χ2v) is 6.56. The van der Waals surface area contributed by atoms with Crippen molar-refractivity contribution < 1.29 is 22.4 Å². The molecule has 0 radical (unpaired) electrons. The van der Waals surface area contributed by atoms with Crippen LogP contribution in [0.25, 0.3) is 0 Å². The smallest absolute Gasteiger partial charge is 0.417 e. The van der Waals surface area contributed by atoms with Crippen molar-refractivity contribution in [2.24, 2.45) is 0 Å². The monoisotopic (exact) mass is 371 g/mol. The van der Waals surface area contributed by atoms with Crippen molar-refractivity contribution in [3.63, 3.8) is 0 Å². The van der Waals surface area contributed by atoms with Gasteiger partial charge in [0.1, 0.15) is 0 Å². The lowest BCUT2D eigenvalue weighted by molar-refractivity contribution is -0.157. The van der Waals surface area contributed by atoms with Crippen LogP contribution in [0.4, 0.5) is 13.2 Å². The Hall–Kier alpha value is -2.03. The highest BCUT2D eigenvalue weighted by molar-refractivity contribution is 7.98. The van der Waals surface area contributed by atoms with Crippen LogP contribution >= 0.6 is 11.8 Å². The Morgan fingerprint density at radius 1 is 1.24 bits per heavy atom. The highest BCUT2D eigenvalue weighted by Gasteiger charge is 2.39. The van der Waals surface area contributed by atoms with Crippen LogP contribution in [0, 0.1) is 0 Å². The molecule has 1 aliphatic rings. The van der Waals surface area contributed by atoms with E-state index in [-0.39, 0.29) is 17.7 Å². The molecule has 1 aromatic heterocycles. The van der Waals surface area contributed by atoms with Crippen molar-refractivity contribution in [3.8, 4) is 0 Å². The van der Waals surface area contributed by atoms with Gasteiger partial charge in [0.05, 0.1) is 5.56 Å². The number of carbonyl (C=O) groups excluding carboxylic acids is 1.